The molecule has 0 atom stereocenters. The van der Waals surface area contributed by atoms with Gasteiger partial charge in [-0.05, 0) is 23.6 Å². The summed E-state index contributed by atoms with van der Waals surface area (Å²) in [4.78, 5) is 11.5. The van der Waals surface area contributed by atoms with Crippen molar-refractivity contribution in [1.29, 1.82) is 5.26 Å². The summed E-state index contributed by atoms with van der Waals surface area (Å²) >= 11 is 0. The minimum absolute atomic E-state index is 0.308. The highest BCUT2D eigenvalue weighted by Gasteiger charge is 2.07. The van der Waals surface area contributed by atoms with E-state index in [1.54, 1.807) is 24.3 Å². The van der Waals surface area contributed by atoms with E-state index in [-0.39, 0.29) is 5.97 Å². The van der Waals surface area contributed by atoms with Crippen molar-refractivity contribution in [3.05, 3.63) is 35.4 Å². The molecule has 0 fully saturated rings. The Morgan fingerprint density at radius 3 is 2.50 bits per heavy atom. The van der Waals surface area contributed by atoms with Gasteiger partial charge in [-0.2, -0.15) is 5.26 Å². The van der Waals surface area contributed by atoms with E-state index in [1.165, 1.54) is 0 Å². The molecular weight excluding hydrogens is 202 g/mol. The van der Waals surface area contributed by atoms with E-state index in [9.17, 15) is 4.79 Å². The van der Waals surface area contributed by atoms with Crippen molar-refractivity contribution in [3.8, 4) is 6.07 Å². The predicted octanol–water partition coefficient (Wildman–Crippen LogP) is 2.57. The van der Waals surface area contributed by atoms with Crippen molar-refractivity contribution in [2.75, 3.05) is 6.61 Å². The number of nitrogens with zero attached hydrogens (tertiary/aromatic N) is 1. The summed E-state index contributed by atoms with van der Waals surface area (Å²) in [6.07, 6.45) is 0.362. The minimum Gasteiger partial charge on any atom is -0.462 e. The number of hydrogen-bond donors (Lipinski definition) is 0. The van der Waals surface area contributed by atoms with Gasteiger partial charge in [-0.25, -0.2) is 4.79 Å². The highest BCUT2D eigenvalue weighted by Crippen LogP contribution is 2.07. The van der Waals surface area contributed by atoms with Gasteiger partial charge in [0.2, 0.25) is 0 Å². The topological polar surface area (TPSA) is 50.1 Å². The molecule has 0 spiro atoms. The SMILES string of the molecule is CC(C)COC(=O)c1ccc(CC#N)cc1. The summed E-state index contributed by atoms with van der Waals surface area (Å²) in [5.74, 6) is 0.0269. The molecule has 1 rings (SSSR count). The number of carbonyl (C=O) groups is 1. The molecule has 0 aliphatic carbocycles. The second-order valence-corrected chi connectivity index (χ2v) is 4.02. The molecule has 0 N–H and O–H groups in total. The van der Waals surface area contributed by atoms with Gasteiger partial charge in [-0.15, -0.1) is 0 Å². The first-order valence-electron chi connectivity index (χ1n) is 5.26. The Bertz CT molecular complexity index is 387. The van der Waals surface area contributed by atoms with Crippen LogP contribution in [0.1, 0.15) is 29.8 Å². The van der Waals surface area contributed by atoms with Crippen molar-refractivity contribution in [2.45, 2.75) is 20.3 Å². The van der Waals surface area contributed by atoms with Crippen molar-refractivity contribution in [1.82, 2.24) is 0 Å². The van der Waals surface area contributed by atoms with Gasteiger partial charge >= 0.3 is 5.97 Å². The molecule has 0 radical (unpaired) electrons. The lowest BCUT2D eigenvalue weighted by atomic mass is 10.1. The Kier molecular flexibility index (Phi) is 4.53. The third kappa shape index (κ3) is 3.74. The van der Waals surface area contributed by atoms with Gasteiger partial charge in [-0.1, -0.05) is 26.0 Å². The molecule has 1 aromatic carbocycles. The molecular formula is C13H15NO2. The van der Waals surface area contributed by atoms with Crippen LogP contribution in [0.3, 0.4) is 0 Å². The largest absolute Gasteiger partial charge is 0.462 e. The number of hydrogen-bond acceptors (Lipinski definition) is 3. The van der Waals surface area contributed by atoms with Crippen LogP contribution in [-0.4, -0.2) is 12.6 Å². The van der Waals surface area contributed by atoms with Crippen molar-refractivity contribution in [3.63, 3.8) is 0 Å². The van der Waals surface area contributed by atoms with E-state index in [2.05, 4.69) is 6.07 Å². The fourth-order valence-electron chi connectivity index (χ4n) is 1.18. The molecule has 0 saturated heterocycles. The molecule has 0 heterocycles. The fraction of sp³-hybridized carbons (Fsp3) is 0.385. The van der Waals surface area contributed by atoms with E-state index < -0.39 is 0 Å². The number of nitriles is 1. The Labute approximate surface area is 95.7 Å². The van der Waals surface area contributed by atoms with Gasteiger partial charge in [0.05, 0.1) is 24.7 Å². The Morgan fingerprint density at radius 2 is 2.00 bits per heavy atom. The van der Waals surface area contributed by atoms with Crippen LogP contribution in [0.4, 0.5) is 0 Å². The summed E-state index contributed by atoms with van der Waals surface area (Å²) in [6, 6.07) is 8.98. The second kappa shape index (κ2) is 5.92. The van der Waals surface area contributed by atoms with Crippen LogP contribution in [0, 0.1) is 17.2 Å². The summed E-state index contributed by atoms with van der Waals surface area (Å²) in [5, 5.41) is 8.50. The third-order valence-electron chi connectivity index (χ3n) is 2.02. The van der Waals surface area contributed by atoms with Gasteiger partial charge in [0.1, 0.15) is 0 Å². The highest BCUT2D eigenvalue weighted by atomic mass is 16.5. The molecule has 16 heavy (non-hydrogen) atoms. The molecule has 0 bridgehead atoms. The summed E-state index contributed by atoms with van der Waals surface area (Å²) in [6.45, 7) is 4.41. The van der Waals surface area contributed by atoms with Crippen LogP contribution in [0.2, 0.25) is 0 Å². The first kappa shape index (κ1) is 12.3. The lowest BCUT2D eigenvalue weighted by Crippen LogP contribution is -2.10. The molecule has 0 aromatic heterocycles. The zero-order valence-corrected chi connectivity index (χ0v) is 9.56. The highest BCUT2D eigenvalue weighted by molar-refractivity contribution is 5.89. The maximum absolute atomic E-state index is 11.5. The zero-order valence-electron chi connectivity index (χ0n) is 9.56. The molecule has 1 aromatic rings. The van der Waals surface area contributed by atoms with E-state index >= 15 is 0 Å². The van der Waals surface area contributed by atoms with E-state index in [0.717, 1.165) is 5.56 Å². The van der Waals surface area contributed by atoms with Gasteiger partial charge in [-0.3, -0.25) is 0 Å². The first-order valence-corrected chi connectivity index (χ1v) is 5.26. The molecule has 0 saturated carbocycles. The van der Waals surface area contributed by atoms with Crippen molar-refractivity contribution < 1.29 is 9.53 Å². The molecule has 84 valence electrons. The lowest BCUT2D eigenvalue weighted by molar-refractivity contribution is 0.0459. The quantitative estimate of drug-likeness (QED) is 0.728. The van der Waals surface area contributed by atoms with Crippen LogP contribution in [0.5, 0.6) is 0 Å². The molecule has 0 amide bonds. The van der Waals surface area contributed by atoms with Gasteiger partial charge in [0, 0.05) is 0 Å². The molecule has 3 nitrogen and oxygen atoms in total. The van der Waals surface area contributed by atoms with Crippen LogP contribution < -0.4 is 0 Å². The number of carbonyl (C=O) groups excluding carboxylic acids is 1. The lowest BCUT2D eigenvalue weighted by Gasteiger charge is -2.07. The molecule has 0 aliphatic heterocycles. The van der Waals surface area contributed by atoms with Crippen LogP contribution in [0.15, 0.2) is 24.3 Å². The average Bonchev–Trinajstić information content (AvgIpc) is 2.27. The van der Waals surface area contributed by atoms with Crippen LogP contribution >= 0.6 is 0 Å². The van der Waals surface area contributed by atoms with Gasteiger partial charge < -0.3 is 4.74 Å². The number of rotatable bonds is 4. The predicted molar refractivity (Wildman–Crippen MR) is 60.9 cm³/mol. The molecule has 3 heteroatoms. The zero-order chi connectivity index (χ0) is 12.0. The number of esters is 1. The monoisotopic (exact) mass is 217 g/mol. The van der Waals surface area contributed by atoms with Crippen molar-refractivity contribution >= 4 is 5.97 Å². The van der Waals surface area contributed by atoms with Gasteiger partial charge in [0.15, 0.2) is 0 Å². The maximum Gasteiger partial charge on any atom is 0.338 e. The summed E-state index contributed by atoms with van der Waals surface area (Å²) in [7, 11) is 0. The Hall–Kier alpha value is -1.82. The third-order valence-corrected chi connectivity index (χ3v) is 2.02. The Morgan fingerprint density at radius 1 is 1.38 bits per heavy atom. The summed E-state index contributed by atoms with van der Waals surface area (Å²) < 4.78 is 5.09. The normalized spacial score (nSPS) is 9.88. The number of benzene rings is 1. The average molecular weight is 217 g/mol. The van der Waals surface area contributed by atoms with Crippen LogP contribution in [0.25, 0.3) is 0 Å². The smallest absolute Gasteiger partial charge is 0.338 e. The molecule has 0 aliphatic rings. The molecule has 0 unspecified atom stereocenters. The minimum atomic E-state index is -0.308. The number of ether oxygens (including phenoxy) is 1. The van der Waals surface area contributed by atoms with E-state index in [4.69, 9.17) is 10.00 Å². The Balaban J connectivity index is 2.60. The van der Waals surface area contributed by atoms with E-state index in [0.29, 0.717) is 24.5 Å². The summed E-state index contributed by atoms with van der Waals surface area (Å²) in [5.41, 5.74) is 1.44. The standard InChI is InChI=1S/C13H15NO2/c1-10(2)9-16-13(15)12-5-3-11(4-6-12)7-8-14/h3-6,10H,7,9H2,1-2H3. The van der Waals surface area contributed by atoms with Crippen LogP contribution in [-0.2, 0) is 11.2 Å². The first-order chi connectivity index (χ1) is 7.63. The van der Waals surface area contributed by atoms with Crippen molar-refractivity contribution in [2.24, 2.45) is 5.92 Å². The van der Waals surface area contributed by atoms with E-state index in [1.807, 2.05) is 13.8 Å². The maximum atomic E-state index is 11.5. The fourth-order valence-corrected chi connectivity index (χ4v) is 1.18. The second-order valence-electron chi connectivity index (χ2n) is 4.02. The van der Waals surface area contributed by atoms with Gasteiger partial charge in [0.25, 0.3) is 0 Å².